The molecule has 1 heterocycles. The molecule has 1 rings (SSSR count). The summed E-state index contributed by atoms with van der Waals surface area (Å²) in [5, 5.41) is 3.27. The number of carbonyl (C=O) groups excluding carboxylic acids is 1. The first-order valence-electron chi connectivity index (χ1n) is 6.99. The van der Waals surface area contributed by atoms with Gasteiger partial charge in [0.2, 0.25) is 5.91 Å². The summed E-state index contributed by atoms with van der Waals surface area (Å²) in [5.74, 6) is 0.124. The maximum absolute atomic E-state index is 12.2. The van der Waals surface area contributed by atoms with E-state index in [1.54, 1.807) is 19.0 Å². The zero-order valence-electron chi connectivity index (χ0n) is 12.5. The van der Waals surface area contributed by atoms with E-state index in [0.29, 0.717) is 26.3 Å². The van der Waals surface area contributed by atoms with Crippen LogP contribution in [0.25, 0.3) is 0 Å². The van der Waals surface area contributed by atoms with Gasteiger partial charge in [0.25, 0.3) is 0 Å². The number of piperazine rings is 1. The topological polar surface area (TPSA) is 54.0 Å². The molecule has 0 aliphatic carbocycles. The fourth-order valence-electron chi connectivity index (χ4n) is 2.22. The molecular weight excluding hydrogens is 246 g/mol. The fourth-order valence-corrected chi connectivity index (χ4v) is 2.22. The van der Waals surface area contributed by atoms with Crippen molar-refractivity contribution in [2.45, 2.75) is 26.2 Å². The third-order valence-electron chi connectivity index (χ3n) is 3.17. The van der Waals surface area contributed by atoms with Gasteiger partial charge < -0.3 is 19.7 Å². The van der Waals surface area contributed by atoms with E-state index in [1.807, 2.05) is 13.8 Å². The number of nitrogens with zero attached hydrogens (tertiary/aromatic N) is 2. The monoisotopic (exact) mass is 273 g/mol. The van der Waals surface area contributed by atoms with Crippen LogP contribution >= 0.6 is 0 Å². The highest BCUT2D eigenvalue weighted by Gasteiger charge is 2.31. The van der Waals surface area contributed by atoms with E-state index < -0.39 is 0 Å². The van der Waals surface area contributed by atoms with E-state index in [-0.39, 0.29) is 18.2 Å². The van der Waals surface area contributed by atoms with Gasteiger partial charge in [-0.15, -0.1) is 0 Å². The summed E-state index contributed by atoms with van der Waals surface area (Å²) in [7, 11) is 3.58. The van der Waals surface area contributed by atoms with Gasteiger partial charge in [0, 0.05) is 46.9 Å². The highest BCUT2D eigenvalue weighted by molar-refractivity contribution is 5.81. The average molecular weight is 273 g/mol. The van der Waals surface area contributed by atoms with E-state index >= 15 is 0 Å². The minimum absolute atomic E-state index is 0.124. The summed E-state index contributed by atoms with van der Waals surface area (Å²) in [6.07, 6.45) is -0.259. The molecule has 0 saturated carbocycles. The molecule has 19 heavy (non-hydrogen) atoms. The minimum atomic E-state index is -0.259. The Balaban J connectivity index is 2.62. The van der Waals surface area contributed by atoms with Gasteiger partial charge in [-0.2, -0.15) is 0 Å². The first-order valence-corrected chi connectivity index (χ1v) is 6.99. The van der Waals surface area contributed by atoms with Crippen molar-refractivity contribution in [2.75, 3.05) is 53.5 Å². The summed E-state index contributed by atoms with van der Waals surface area (Å²) < 4.78 is 11.1. The maximum Gasteiger partial charge on any atom is 0.240 e. The Bertz CT molecular complexity index is 268. The van der Waals surface area contributed by atoms with Crippen molar-refractivity contribution < 1.29 is 14.3 Å². The van der Waals surface area contributed by atoms with Crippen LogP contribution in [0.1, 0.15) is 13.8 Å². The zero-order valence-corrected chi connectivity index (χ0v) is 12.5. The summed E-state index contributed by atoms with van der Waals surface area (Å²) in [6.45, 7) is 8.17. The van der Waals surface area contributed by atoms with Crippen LogP contribution in [0.4, 0.5) is 0 Å². The van der Waals surface area contributed by atoms with Gasteiger partial charge in [-0.05, 0) is 13.8 Å². The Morgan fingerprint density at radius 3 is 2.53 bits per heavy atom. The second-order valence-electron chi connectivity index (χ2n) is 4.79. The summed E-state index contributed by atoms with van der Waals surface area (Å²) in [5.41, 5.74) is 0. The minimum Gasteiger partial charge on any atom is -0.352 e. The molecule has 1 amide bonds. The Morgan fingerprint density at radius 1 is 1.37 bits per heavy atom. The number of amides is 1. The van der Waals surface area contributed by atoms with Gasteiger partial charge in [0.1, 0.15) is 6.04 Å². The van der Waals surface area contributed by atoms with Crippen molar-refractivity contribution >= 4 is 5.91 Å². The molecule has 112 valence electrons. The standard InChI is InChI=1S/C13H27N3O3/c1-5-18-12(19-6-2)10-16-8-7-14-9-11(16)13(17)15(3)4/h11-12,14H,5-10H2,1-4H3. The first-order chi connectivity index (χ1) is 9.10. The highest BCUT2D eigenvalue weighted by atomic mass is 16.7. The lowest BCUT2D eigenvalue weighted by molar-refractivity contribution is -0.157. The predicted octanol–water partition coefficient (Wildman–Crippen LogP) is -0.252. The molecule has 1 N–H and O–H groups in total. The van der Waals surface area contributed by atoms with Crippen LogP contribution in [0.3, 0.4) is 0 Å². The van der Waals surface area contributed by atoms with E-state index in [2.05, 4.69) is 10.2 Å². The number of likely N-dealkylation sites (N-methyl/N-ethyl adjacent to an activating group) is 1. The van der Waals surface area contributed by atoms with Crippen LogP contribution in [0.15, 0.2) is 0 Å². The molecule has 1 saturated heterocycles. The van der Waals surface area contributed by atoms with Gasteiger partial charge in [0.05, 0.1) is 6.54 Å². The van der Waals surface area contributed by atoms with Crippen LogP contribution in [0.5, 0.6) is 0 Å². The Hall–Kier alpha value is -0.690. The summed E-state index contributed by atoms with van der Waals surface area (Å²) in [4.78, 5) is 16.0. The normalized spacial score (nSPS) is 20.8. The van der Waals surface area contributed by atoms with Crippen molar-refractivity contribution in [3.63, 3.8) is 0 Å². The molecule has 0 aromatic carbocycles. The number of rotatable bonds is 7. The van der Waals surface area contributed by atoms with Crippen molar-refractivity contribution in [1.82, 2.24) is 15.1 Å². The van der Waals surface area contributed by atoms with Crippen molar-refractivity contribution in [3.8, 4) is 0 Å². The molecule has 1 aliphatic heterocycles. The molecular formula is C13H27N3O3. The number of nitrogens with one attached hydrogen (secondary N) is 1. The Morgan fingerprint density at radius 2 is 2.00 bits per heavy atom. The van der Waals surface area contributed by atoms with Gasteiger partial charge in [-0.25, -0.2) is 0 Å². The van der Waals surface area contributed by atoms with E-state index in [0.717, 1.165) is 13.1 Å². The van der Waals surface area contributed by atoms with Gasteiger partial charge in [-0.3, -0.25) is 9.69 Å². The number of ether oxygens (including phenoxy) is 2. The second kappa shape index (κ2) is 8.47. The van der Waals surface area contributed by atoms with Crippen LogP contribution < -0.4 is 5.32 Å². The highest BCUT2D eigenvalue weighted by Crippen LogP contribution is 2.09. The number of hydrogen-bond donors (Lipinski definition) is 1. The molecule has 0 radical (unpaired) electrons. The fraction of sp³-hybridized carbons (Fsp3) is 0.923. The quantitative estimate of drug-likeness (QED) is 0.648. The third kappa shape index (κ3) is 5.06. The van der Waals surface area contributed by atoms with E-state index in [4.69, 9.17) is 9.47 Å². The third-order valence-corrected chi connectivity index (χ3v) is 3.17. The molecule has 1 atom stereocenters. The molecule has 1 aliphatic rings. The first kappa shape index (κ1) is 16.4. The van der Waals surface area contributed by atoms with Crippen molar-refractivity contribution in [3.05, 3.63) is 0 Å². The number of carbonyl (C=O) groups is 1. The molecule has 1 unspecified atom stereocenters. The molecule has 1 fully saturated rings. The summed E-state index contributed by atoms with van der Waals surface area (Å²) in [6, 6.07) is -0.132. The lowest BCUT2D eigenvalue weighted by Crippen LogP contribution is -2.59. The molecule has 0 bridgehead atoms. The lowest BCUT2D eigenvalue weighted by Gasteiger charge is -2.37. The van der Waals surface area contributed by atoms with Crippen LogP contribution in [0, 0.1) is 0 Å². The van der Waals surface area contributed by atoms with Crippen LogP contribution in [-0.4, -0.2) is 81.5 Å². The van der Waals surface area contributed by atoms with E-state index in [9.17, 15) is 4.79 Å². The zero-order chi connectivity index (χ0) is 14.3. The second-order valence-corrected chi connectivity index (χ2v) is 4.79. The Labute approximate surface area is 116 Å². The Kier molecular flexibility index (Phi) is 7.30. The smallest absolute Gasteiger partial charge is 0.240 e. The number of hydrogen-bond acceptors (Lipinski definition) is 5. The van der Waals surface area contributed by atoms with Gasteiger partial charge >= 0.3 is 0 Å². The predicted molar refractivity (Wildman–Crippen MR) is 74.0 cm³/mol. The molecule has 6 heteroatoms. The van der Waals surface area contributed by atoms with Crippen molar-refractivity contribution in [2.24, 2.45) is 0 Å². The van der Waals surface area contributed by atoms with Crippen molar-refractivity contribution in [1.29, 1.82) is 0 Å². The SMILES string of the molecule is CCOC(CN1CCNCC1C(=O)N(C)C)OCC. The average Bonchev–Trinajstić information content (AvgIpc) is 2.39. The molecule has 6 nitrogen and oxygen atoms in total. The van der Waals surface area contributed by atoms with Crippen LogP contribution in [-0.2, 0) is 14.3 Å². The van der Waals surface area contributed by atoms with Crippen LogP contribution in [0.2, 0.25) is 0 Å². The molecule has 0 aromatic heterocycles. The van der Waals surface area contributed by atoms with Gasteiger partial charge in [0.15, 0.2) is 6.29 Å². The lowest BCUT2D eigenvalue weighted by atomic mass is 10.1. The molecule has 0 spiro atoms. The maximum atomic E-state index is 12.2. The molecule has 0 aromatic rings. The van der Waals surface area contributed by atoms with Gasteiger partial charge in [-0.1, -0.05) is 0 Å². The summed E-state index contributed by atoms with van der Waals surface area (Å²) >= 11 is 0. The largest absolute Gasteiger partial charge is 0.352 e. The van der Waals surface area contributed by atoms with E-state index in [1.165, 1.54) is 0 Å².